The standard InChI is InChI=1S/C18H31N3/c1-5-20-11-13-21(14-12-20)17(15-19-18(2,3)4)16-9-7-6-8-10-16/h6-10,17,19H,5,11-15H2,1-4H3. The molecule has 1 saturated heterocycles. The zero-order chi connectivity index (χ0) is 15.3. The van der Waals surface area contributed by atoms with Gasteiger partial charge >= 0.3 is 0 Å². The maximum absolute atomic E-state index is 3.69. The Morgan fingerprint density at radius 1 is 1.05 bits per heavy atom. The Hall–Kier alpha value is -0.900. The van der Waals surface area contributed by atoms with Crippen molar-refractivity contribution in [1.29, 1.82) is 0 Å². The molecule has 1 atom stereocenters. The van der Waals surface area contributed by atoms with Gasteiger partial charge in [0.25, 0.3) is 0 Å². The molecule has 3 nitrogen and oxygen atoms in total. The van der Waals surface area contributed by atoms with E-state index >= 15 is 0 Å². The molecule has 0 aromatic heterocycles. The van der Waals surface area contributed by atoms with Crippen LogP contribution in [0.5, 0.6) is 0 Å². The molecule has 1 aromatic carbocycles. The number of nitrogens with zero attached hydrogens (tertiary/aromatic N) is 2. The first kappa shape index (κ1) is 16.5. The van der Waals surface area contributed by atoms with Gasteiger partial charge in [-0.2, -0.15) is 0 Å². The average Bonchev–Trinajstić information content (AvgIpc) is 2.48. The van der Waals surface area contributed by atoms with Crippen LogP contribution >= 0.6 is 0 Å². The maximum Gasteiger partial charge on any atom is 0.0473 e. The van der Waals surface area contributed by atoms with E-state index in [1.165, 1.54) is 38.3 Å². The monoisotopic (exact) mass is 289 g/mol. The van der Waals surface area contributed by atoms with Crippen molar-refractivity contribution in [2.24, 2.45) is 0 Å². The van der Waals surface area contributed by atoms with Crippen LogP contribution in [0.25, 0.3) is 0 Å². The van der Waals surface area contributed by atoms with E-state index in [2.05, 4.69) is 73.1 Å². The molecule has 118 valence electrons. The number of rotatable bonds is 5. The predicted molar refractivity (Wildman–Crippen MR) is 90.6 cm³/mol. The maximum atomic E-state index is 3.69. The molecule has 0 spiro atoms. The van der Waals surface area contributed by atoms with Crippen LogP contribution in [-0.2, 0) is 0 Å². The summed E-state index contributed by atoms with van der Waals surface area (Å²) >= 11 is 0. The summed E-state index contributed by atoms with van der Waals surface area (Å²) < 4.78 is 0. The first-order valence-corrected chi connectivity index (χ1v) is 8.26. The van der Waals surface area contributed by atoms with Gasteiger partial charge in [0.05, 0.1) is 0 Å². The predicted octanol–water partition coefficient (Wildman–Crippen LogP) is 2.75. The highest BCUT2D eigenvalue weighted by Gasteiger charge is 2.25. The van der Waals surface area contributed by atoms with Crippen LogP contribution in [0, 0.1) is 0 Å². The van der Waals surface area contributed by atoms with Crippen LogP contribution < -0.4 is 5.32 Å². The SMILES string of the molecule is CCN1CCN(C(CNC(C)(C)C)c2ccccc2)CC1. The molecule has 0 aliphatic carbocycles. The lowest BCUT2D eigenvalue weighted by atomic mass is 10.0. The van der Waals surface area contributed by atoms with E-state index in [4.69, 9.17) is 0 Å². The number of piperazine rings is 1. The van der Waals surface area contributed by atoms with Gasteiger partial charge in [0.2, 0.25) is 0 Å². The highest BCUT2D eigenvalue weighted by molar-refractivity contribution is 5.19. The molecule has 1 N–H and O–H groups in total. The van der Waals surface area contributed by atoms with Crippen LogP contribution in [0.2, 0.25) is 0 Å². The van der Waals surface area contributed by atoms with Crippen LogP contribution in [0.4, 0.5) is 0 Å². The molecule has 1 aliphatic heterocycles. The second-order valence-electron chi connectivity index (χ2n) is 7.03. The third-order valence-electron chi connectivity index (χ3n) is 4.30. The Morgan fingerprint density at radius 2 is 1.67 bits per heavy atom. The summed E-state index contributed by atoms with van der Waals surface area (Å²) in [5.41, 5.74) is 1.59. The van der Waals surface area contributed by atoms with Crippen LogP contribution in [0.15, 0.2) is 30.3 Å². The zero-order valence-corrected chi connectivity index (χ0v) is 14.1. The van der Waals surface area contributed by atoms with Crippen molar-refractivity contribution in [3.05, 3.63) is 35.9 Å². The van der Waals surface area contributed by atoms with Gasteiger partial charge in [0, 0.05) is 44.3 Å². The molecule has 1 aliphatic rings. The lowest BCUT2D eigenvalue weighted by Gasteiger charge is -2.40. The van der Waals surface area contributed by atoms with Crippen molar-refractivity contribution in [3.8, 4) is 0 Å². The van der Waals surface area contributed by atoms with Crippen LogP contribution in [-0.4, -0.2) is 54.6 Å². The second-order valence-corrected chi connectivity index (χ2v) is 7.03. The van der Waals surface area contributed by atoms with Crippen LogP contribution in [0.3, 0.4) is 0 Å². The fourth-order valence-electron chi connectivity index (χ4n) is 2.93. The Morgan fingerprint density at radius 3 is 2.19 bits per heavy atom. The summed E-state index contributed by atoms with van der Waals surface area (Å²) in [5, 5.41) is 3.69. The topological polar surface area (TPSA) is 18.5 Å². The van der Waals surface area contributed by atoms with Gasteiger partial charge in [-0.1, -0.05) is 37.3 Å². The number of nitrogens with one attached hydrogen (secondary N) is 1. The van der Waals surface area contributed by atoms with Gasteiger partial charge in [0.15, 0.2) is 0 Å². The largest absolute Gasteiger partial charge is 0.310 e. The molecule has 2 rings (SSSR count). The highest BCUT2D eigenvalue weighted by Crippen LogP contribution is 2.22. The number of benzene rings is 1. The van der Waals surface area contributed by atoms with Gasteiger partial charge in [-0.15, -0.1) is 0 Å². The summed E-state index contributed by atoms with van der Waals surface area (Å²) in [6.07, 6.45) is 0. The first-order valence-electron chi connectivity index (χ1n) is 8.26. The molecular formula is C18H31N3. The van der Waals surface area contributed by atoms with Crippen molar-refractivity contribution in [3.63, 3.8) is 0 Å². The Kier molecular flexibility index (Phi) is 5.80. The summed E-state index contributed by atoms with van der Waals surface area (Å²) in [6, 6.07) is 11.4. The number of hydrogen-bond donors (Lipinski definition) is 1. The molecule has 0 amide bonds. The Balaban J connectivity index is 2.05. The van der Waals surface area contributed by atoms with Gasteiger partial charge in [-0.05, 0) is 32.9 Å². The third-order valence-corrected chi connectivity index (χ3v) is 4.30. The molecule has 1 unspecified atom stereocenters. The third kappa shape index (κ3) is 5.10. The Bertz CT molecular complexity index is 402. The van der Waals surface area contributed by atoms with Crippen molar-refractivity contribution < 1.29 is 0 Å². The van der Waals surface area contributed by atoms with Gasteiger partial charge in [0.1, 0.15) is 0 Å². The second kappa shape index (κ2) is 7.39. The van der Waals surface area contributed by atoms with Gasteiger partial charge in [-0.3, -0.25) is 4.90 Å². The summed E-state index contributed by atoms with van der Waals surface area (Å²) in [4.78, 5) is 5.18. The molecule has 1 fully saturated rings. The van der Waals surface area contributed by atoms with Crippen LogP contribution in [0.1, 0.15) is 39.3 Å². The molecule has 0 bridgehead atoms. The number of likely N-dealkylation sites (N-methyl/N-ethyl adjacent to an activating group) is 1. The lowest BCUT2D eigenvalue weighted by Crippen LogP contribution is -2.50. The minimum Gasteiger partial charge on any atom is -0.310 e. The normalized spacial score (nSPS) is 19.6. The molecular weight excluding hydrogens is 258 g/mol. The quantitative estimate of drug-likeness (QED) is 0.899. The molecule has 1 heterocycles. The van der Waals surface area contributed by atoms with E-state index in [1.54, 1.807) is 0 Å². The van der Waals surface area contributed by atoms with E-state index < -0.39 is 0 Å². The van der Waals surface area contributed by atoms with E-state index in [1.807, 2.05) is 0 Å². The zero-order valence-electron chi connectivity index (χ0n) is 14.1. The van der Waals surface area contributed by atoms with E-state index in [9.17, 15) is 0 Å². The fraction of sp³-hybridized carbons (Fsp3) is 0.667. The van der Waals surface area contributed by atoms with E-state index in [0.717, 1.165) is 6.54 Å². The van der Waals surface area contributed by atoms with Gasteiger partial charge in [-0.25, -0.2) is 0 Å². The first-order chi connectivity index (χ1) is 9.99. The minimum atomic E-state index is 0.165. The number of hydrogen-bond acceptors (Lipinski definition) is 3. The van der Waals surface area contributed by atoms with Crippen molar-refractivity contribution in [2.75, 3.05) is 39.3 Å². The van der Waals surface area contributed by atoms with Crippen molar-refractivity contribution in [2.45, 2.75) is 39.3 Å². The lowest BCUT2D eigenvalue weighted by molar-refractivity contribution is 0.0951. The van der Waals surface area contributed by atoms with E-state index in [-0.39, 0.29) is 5.54 Å². The molecule has 0 radical (unpaired) electrons. The van der Waals surface area contributed by atoms with Gasteiger partial charge < -0.3 is 10.2 Å². The summed E-state index contributed by atoms with van der Waals surface area (Å²) in [6.45, 7) is 15.9. The summed E-state index contributed by atoms with van der Waals surface area (Å²) in [5.74, 6) is 0. The van der Waals surface area contributed by atoms with Crippen molar-refractivity contribution in [1.82, 2.24) is 15.1 Å². The van der Waals surface area contributed by atoms with E-state index in [0.29, 0.717) is 6.04 Å². The minimum absolute atomic E-state index is 0.165. The average molecular weight is 289 g/mol. The molecule has 1 aromatic rings. The van der Waals surface area contributed by atoms with Crippen molar-refractivity contribution >= 4 is 0 Å². The molecule has 21 heavy (non-hydrogen) atoms. The molecule has 0 saturated carbocycles. The summed E-state index contributed by atoms with van der Waals surface area (Å²) in [7, 11) is 0. The fourth-order valence-corrected chi connectivity index (χ4v) is 2.93. The smallest absolute Gasteiger partial charge is 0.0473 e. The Labute approximate surface area is 130 Å². The molecule has 3 heteroatoms. The highest BCUT2D eigenvalue weighted by atomic mass is 15.3.